The Bertz CT molecular complexity index is 789. The number of aromatic amines is 1. The van der Waals surface area contributed by atoms with E-state index >= 15 is 0 Å². The molecule has 1 fully saturated rings. The Morgan fingerprint density at radius 3 is 2.50 bits per heavy atom. The Morgan fingerprint density at radius 1 is 1.12 bits per heavy atom. The van der Waals surface area contributed by atoms with Crippen molar-refractivity contribution in [2.45, 2.75) is 12.1 Å². The summed E-state index contributed by atoms with van der Waals surface area (Å²) in [6.45, 7) is 1.35. The predicted octanol–water partition coefficient (Wildman–Crippen LogP) is 3.22. The number of H-pyrrole nitrogens is 1. The highest BCUT2D eigenvalue weighted by Gasteiger charge is 2.40. The highest BCUT2D eigenvalue weighted by molar-refractivity contribution is 6.17. The van der Waals surface area contributed by atoms with E-state index in [9.17, 15) is 18.0 Å². The third-order valence-electron chi connectivity index (χ3n) is 4.35. The molecule has 0 saturated carbocycles. The molecule has 26 heavy (non-hydrogen) atoms. The Hall–Kier alpha value is -2.28. The van der Waals surface area contributed by atoms with Gasteiger partial charge in [0, 0.05) is 11.4 Å². The SMILES string of the molecule is O=C(c1cccc(CCl)c1)N1CCN(c2[nH+]cccc2C(F)(F)F)CC1. The summed E-state index contributed by atoms with van der Waals surface area (Å²) in [5, 5.41) is 0. The predicted molar refractivity (Wildman–Crippen MR) is 92.1 cm³/mol. The molecule has 1 N–H and O–H groups in total. The third-order valence-corrected chi connectivity index (χ3v) is 4.66. The van der Waals surface area contributed by atoms with Crippen LogP contribution in [0.5, 0.6) is 0 Å². The highest BCUT2D eigenvalue weighted by atomic mass is 35.5. The summed E-state index contributed by atoms with van der Waals surface area (Å²) in [4.78, 5) is 18.6. The normalized spacial score (nSPS) is 15.2. The topological polar surface area (TPSA) is 37.7 Å². The fourth-order valence-electron chi connectivity index (χ4n) is 3.02. The first-order valence-electron chi connectivity index (χ1n) is 8.17. The van der Waals surface area contributed by atoms with Crippen LogP contribution in [0.15, 0.2) is 42.6 Å². The van der Waals surface area contributed by atoms with Gasteiger partial charge in [0.1, 0.15) is 18.7 Å². The number of hydrogen-bond donors (Lipinski definition) is 0. The molecule has 0 bridgehead atoms. The first-order valence-corrected chi connectivity index (χ1v) is 8.70. The highest BCUT2D eigenvalue weighted by Crippen LogP contribution is 2.34. The molecule has 2 aromatic rings. The fraction of sp³-hybridized carbons (Fsp3) is 0.333. The summed E-state index contributed by atoms with van der Waals surface area (Å²) >= 11 is 5.80. The number of halogens is 4. The average Bonchev–Trinajstić information content (AvgIpc) is 2.67. The van der Waals surface area contributed by atoms with Gasteiger partial charge in [-0.25, -0.2) is 4.98 Å². The minimum atomic E-state index is -4.43. The smallest absolute Gasteiger partial charge is 0.331 e. The third kappa shape index (κ3) is 3.93. The van der Waals surface area contributed by atoms with Crippen molar-refractivity contribution in [3.63, 3.8) is 0 Å². The molecule has 0 aliphatic carbocycles. The number of benzene rings is 1. The molecule has 1 aliphatic rings. The standard InChI is InChI=1S/C18H17ClF3N3O/c19-12-13-3-1-4-14(11-13)17(26)25-9-7-24(8-10-25)16-15(18(20,21)22)5-2-6-23-16/h1-6,11H,7-10,12H2/p+1. The van der Waals surface area contributed by atoms with Gasteiger partial charge in [-0.05, 0) is 29.8 Å². The number of alkyl halides is 4. The van der Waals surface area contributed by atoms with Crippen molar-refractivity contribution in [1.82, 2.24) is 4.90 Å². The van der Waals surface area contributed by atoms with Crippen LogP contribution in [0.4, 0.5) is 19.0 Å². The van der Waals surface area contributed by atoms with Crippen LogP contribution in [-0.4, -0.2) is 37.0 Å². The number of nitrogens with one attached hydrogen (secondary N) is 1. The molecule has 1 amide bonds. The van der Waals surface area contributed by atoms with E-state index in [2.05, 4.69) is 4.98 Å². The van der Waals surface area contributed by atoms with Crippen molar-refractivity contribution in [2.24, 2.45) is 0 Å². The van der Waals surface area contributed by atoms with Gasteiger partial charge in [-0.1, -0.05) is 12.1 Å². The quantitative estimate of drug-likeness (QED) is 0.762. The van der Waals surface area contributed by atoms with Gasteiger partial charge < -0.3 is 4.90 Å². The number of piperazine rings is 1. The molecule has 8 heteroatoms. The molecule has 1 aromatic heterocycles. The zero-order chi connectivity index (χ0) is 18.7. The van der Waals surface area contributed by atoms with Crippen molar-refractivity contribution < 1.29 is 22.9 Å². The second-order valence-electron chi connectivity index (χ2n) is 6.04. The van der Waals surface area contributed by atoms with E-state index < -0.39 is 11.7 Å². The Balaban J connectivity index is 1.71. The maximum Gasteiger partial charge on any atom is 0.424 e. The molecule has 0 radical (unpaired) electrons. The van der Waals surface area contributed by atoms with Crippen molar-refractivity contribution in [3.8, 4) is 0 Å². The summed E-state index contributed by atoms with van der Waals surface area (Å²) in [5.41, 5.74) is 0.693. The van der Waals surface area contributed by atoms with Gasteiger partial charge >= 0.3 is 6.18 Å². The zero-order valence-corrected chi connectivity index (χ0v) is 14.6. The maximum absolute atomic E-state index is 13.2. The lowest BCUT2D eigenvalue weighted by Crippen LogP contribution is -2.50. The van der Waals surface area contributed by atoms with Crippen LogP contribution < -0.4 is 9.88 Å². The fourth-order valence-corrected chi connectivity index (χ4v) is 3.19. The number of carbonyl (C=O) groups excluding carboxylic acids is 1. The number of hydrogen-bond acceptors (Lipinski definition) is 2. The number of pyridine rings is 1. The summed E-state index contributed by atoms with van der Waals surface area (Å²) in [6.07, 6.45) is -2.96. The number of anilines is 1. The largest absolute Gasteiger partial charge is 0.424 e. The number of aromatic nitrogens is 1. The summed E-state index contributed by atoms with van der Waals surface area (Å²) in [7, 11) is 0. The molecule has 1 aromatic carbocycles. The molecule has 138 valence electrons. The minimum absolute atomic E-state index is 0.0382. The van der Waals surface area contributed by atoms with E-state index in [0.29, 0.717) is 37.6 Å². The van der Waals surface area contributed by atoms with E-state index in [-0.39, 0.29) is 11.7 Å². The summed E-state index contributed by atoms with van der Waals surface area (Å²) < 4.78 is 39.5. The lowest BCUT2D eigenvalue weighted by molar-refractivity contribution is -0.367. The number of carbonyl (C=O) groups is 1. The van der Waals surface area contributed by atoms with Crippen LogP contribution in [0, 0.1) is 0 Å². The van der Waals surface area contributed by atoms with E-state index in [1.807, 2.05) is 6.07 Å². The maximum atomic E-state index is 13.2. The van der Waals surface area contributed by atoms with Crippen LogP contribution in [0.2, 0.25) is 0 Å². The number of nitrogens with zero attached hydrogens (tertiary/aromatic N) is 2. The van der Waals surface area contributed by atoms with Crippen LogP contribution >= 0.6 is 11.6 Å². The molecule has 0 atom stereocenters. The molecule has 0 spiro atoms. The van der Waals surface area contributed by atoms with Crippen molar-refractivity contribution >= 4 is 23.3 Å². The van der Waals surface area contributed by atoms with Crippen molar-refractivity contribution in [3.05, 3.63) is 59.3 Å². The van der Waals surface area contributed by atoms with Gasteiger partial charge in [-0.15, -0.1) is 11.6 Å². The van der Waals surface area contributed by atoms with Gasteiger partial charge in [0.2, 0.25) is 0 Å². The monoisotopic (exact) mass is 384 g/mol. The lowest BCUT2D eigenvalue weighted by Gasteiger charge is -2.31. The molecular formula is C18H18ClF3N3O+. The van der Waals surface area contributed by atoms with Gasteiger partial charge in [0.05, 0.1) is 19.3 Å². The number of amides is 1. The van der Waals surface area contributed by atoms with Gasteiger partial charge in [-0.2, -0.15) is 13.2 Å². The second-order valence-corrected chi connectivity index (χ2v) is 6.31. The first-order chi connectivity index (χ1) is 12.4. The van der Waals surface area contributed by atoms with Gasteiger partial charge in [0.15, 0.2) is 0 Å². The molecule has 2 heterocycles. The number of rotatable bonds is 3. The second kappa shape index (κ2) is 7.53. The molecule has 4 nitrogen and oxygen atoms in total. The van der Waals surface area contributed by atoms with E-state index in [0.717, 1.165) is 11.6 Å². The summed E-state index contributed by atoms with van der Waals surface area (Å²) in [6, 6.07) is 9.46. The summed E-state index contributed by atoms with van der Waals surface area (Å²) in [5.74, 6) is 0.222. The van der Waals surface area contributed by atoms with Crippen LogP contribution in [0.25, 0.3) is 0 Å². The molecule has 1 aliphatic heterocycles. The Labute approximate surface area is 154 Å². The minimum Gasteiger partial charge on any atom is -0.331 e. The lowest BCUT2D eigenvalue weighted by atomic mass is 10.1. The molecule has 1 saturated heterocycles. The molecular weight excluding hydrogens is 367 g/mol. The van der Waals surface area contributed by atoms with Crippen molar-refractivity contribution in [1.29, 1.82) is 0 Å². The van der Waals surface area contributed by atoms with Crippen LogP contribution in [-0.2, 0) is 12.1 Å². The van der Waals surface area contributed by atoms with Gasteiger partial charge in [0.25, 0.3) is 11.7 Å². The van der Waals surface area contributed by atoms with Gasteiger partial charge in [-0.3, -0.25) is 9.69 Å². The average molecular weight is 385 g/mol. The van der Waals surface area contributed by atoms with E-state index in [4.69, 9.17) is 11.6 Å². The molecule has 3 rings (SSSR count). The van der Waals surface area contributed by atoms with Crippen LogP contribution in [0.1, 0.15) is 21.5 Å². The Kier molecular flexibility index (Phi) is 5.36. The van der Waals surface area contributed by atoms with Crippen LogP contribution in [0.3, 0.4) is 0 Å². The Morgan fingerprint density at radius 2 is 1.85 bits per heavy atom. The van der Waals surface area contributed by atoms with Crippen molar-refractivity contribution in [2.75, 3.05) is 31.1 Å². The molecule has 0 unspecified atom stereocenters. The van der Waals surface area contributed by atoms with E-state index in [1.54, 1.807) is 28.0 Å². The zero-order valence-electron chi connectivity index (χ0n) is 13.9. The first kappa shape index (κ1) is 18.5. The van der Waals surface area contributed by atoms with E-state index in [1.165, 1.54) is 12.3 Å².